The molecule has 0 atom stereocenters. The van der Waals surface area contributed by atoms with Crippen molar-refractivity contribution >= 4 is 22.2 Å². The molecular weight excluding hydrogens is 172 g/mol. The van der Waals surface area contributed by atoms with Crippen molar-refractivity contribution in [2.24, 2.45) is 8.80 Å². The Morgan fingerprint density at radius 2 is 2.09 bits per heavy atom. The summed E-state index contributed by atoms with van der Waals surface area (Å²) in [5.41, 5.74) is 0. The van der Waals surface area contributed by atoms with Crippen LogP contribution in [0.2, 0.25) is 0 Å². The van der Waals surface area contributed by atoms with Gasteiger partial charge in [0.2, 0.25) is 5.90 Å². The number of hydrogen-bond donors (Lipinski definition) is 0. The summed E-state index contributed by atoms with van der Waals surface area (Å²) >= 11 is 0. The first-order valence-electron chi connectivity index (χ1n) is 2.67. The quantitative estimate of drug-likeness (QED) is 0.509. The molecule has 11 heavy (non-hydrogen) atoms. The Morgan fingerprint density at radius 3 is 2.55 bits per heavy atom. The zero-order valence-electron chi connectivity index (χ0n) is 5.94. The van der Waals surface area contributed by atoms with Crippen molar-refractivity contribution in [3.63, 3.8) is 0 Å². The second-order valence-corrected chi connectivity index (χ2v) is 2.98. The average molecular weight is 178 g/mol. The minimum atomic E-state index is -3.77. The van der Waals surface area contributed by atoms with Gasteiger partial charge in [-0.2, -0.15) is 8.42 Å². The Bertz CT molecular complexity index is 315. The normalized spacial score (nSPS) is 21.3. The summed E-state index contributed by atoms with van der Waals surface area (Å²) in [5.74, 6) is -0.00292. The monoisotopic (exact) mass is 178 g/mol. The van der Waals surface area contributed by atoms with Crippen LogP contribution in [0.25, 0.3) is 0 Å². The van der Waals surface area contributed by atoms with Crippen molar-refractivity contribution in [3.05, 3.63) is 0 Å². The zero-order valence-corrected chi connectivity index (χ0v) is 6.75. The van der Waals surface area contributed by atoms with Crippen molar-refractivity contribution in [2.75, 3.05) is 7.11 Å². The highest BCUT2D eigenvalue weighted by Gasteiger charge is 2.18. The molecule has 0 aromatic carbocycles. The molecule has 7 heteroatoms. The molecule has 1 heterocycles. The van der Waals surface area contributed by atoms with E-state index in [-0.39, 0.29) is 12.0 Å². The van der Waals surface area contributed by atoms with Gasteiger partial charge in [-0.05, 0) is 0 Å². The van der Waals surface area contributed by atoms with Gasteiger partial charge >= 0.3 is 16.3 Å². The molecule has 0 saturated carbocycles. The van der Waals surface area contributed by atoms with E-state index >= 15 is 0 Å². The van der Waals surface area contributed by atoms with Gasteiger partial charge in [0, 0.05) is 6.92 Å². The Morgan fingerprint density at radius 1 is 1.45 bits per heavy atom. The van der Waals surface area contributed by atoms with Gasteiger partial charge in [-0.15, -0.1) is 4.40 Å². The molecule has 0 radical (unpaired) electrons. The number of ether oxygens (including phenoxy) is 2. The van der Waals surface area contributed by atoms with E-state index in [2.05, 4.69) is 18.3 Å². The Hall–Kier alpha value is -1.11. The van der Waals surface area contributed by atoms with Crippen molar-refractivity contribution in [3.8, 4) is 0 Å². The summed E-state index contributed by atoms with van der Waals surface area (Å²) in [6.07, 6.45) is -0.308. The van der Waals surface area contributed by atoms with E-state index in [1.807, 2.05) is 0 Å². The lowest BCUT2D eigenvalue weighted by atomic mass is 10.8. The minimum Gasteiger partial charge on any atom is -0.453 e. The van der Waals surface area contributed by atoms with Crippen molar-refractivity contribution in [1.82, 2.24) is 0 Å². The third kappa shape index (κ3) is 1.90. The number of hydrogen-bond acceptors (Lipinski definition) is 4. The van der Waals surface area contributed by atoms with Gasteiger partial charge in [-0.3, -0.25) is 0 Å². The Kier molecular flexibility index (Phi) is 1.81. The highest BCUT2D eigenvalue weighted by Crippen LogP contribution is 2.05. The van der Waals surface area contributed by atoms with Crippen LogP contribution in [0.4, 0.5) is 0 Å². The molecule has 1 aliphatic rings. The maximum atomic E-state index is 10.7. The minimum absolute atomic E-state index is 0.00292. The highest BCUT2D eigenvalue weighted by atomic mass is 32.2. The van der Waals surface area contributed by atoms with Crippen LogP contribution >= 0.6 is 0 Å². The molecule has 0 aromatic heterocycles. The molecule has 0 unspecified atom stereocenters. The van der Waals surface area contributed by atoms with Crippen LogP contribution in [-0.4, -0.2) is 27.5 Å². The molecule has 0 spiro atoms. The molecule has 1 aliphatic heterocycles. The van der Waals surface area contributed by atoms with Crippen LogP contribution in [0.5, 0.6) is 0 Å². The molecule has 6 nitrogen and oxygen atoms in total. The molecule has 0 amide bonds. The highest BCUT2D eigenvalue weighted by molar-refractivity contribution is 7.89. The molecule has 0 saturated heterocycles. The van der Waals surface area contributed by atoms with Crippen LogP contribution in [-0.2, 0) is 19.7 Å². The fourth-order valence-electron chi connectivity index (χ4n) is 0.520. The molecule has 0 N–H and O–H groups in total. The lowest BCUT2D eigenvalue weighted by Crippen LogP contribution is -2.19. The van der Waals surface area contributed by atoms with E-state index in [0.29, 0.717) is 0 Å². The standard InChI is InChI=1S/C4H6N2O4S/c1-3-5-11(7,8)6-4(9-2)10-3/h1-2H3. The molecule has 0 bridgehead atoms. The summed E-state index contributed by atoms with van der Waals surface area (Å²) in [4.78, 5) is 0. The summed E-state index contributed by atoms with van der Waals surface area (Å²) < 4.78 is 36.7. The number of nitrogens with zero attached hydrogens (tertiary/aromatic N) is 2. The Balaban J connectivity index is 3.03. The van der Waals surface area contributed by atoms with Gasteiger partial charge in [0.25, 0.3) is 0 Å². The second-order valence-electron chi connectivity index (χ2n) is 1.72. The molecular formula is C4H6N2O4S. The van der Waals surface area contributed by atoms with E-state index in [9.17, 15) is 8.42 Å². The van der Waals surface area contributed by atoms with Crippen LogP contribution in [0.15, 0.2) is 8.80 Å². The van der Waals surface area contributed by atoms with Crippen LogP contribution in [0, 0.1) is 0 Å². The molecule has 62 valence electrons. The number of rotatable bonds is 0. The smallest absolute Gasteiger partial charge is 0.407 e. The SMILES string of the molecule is COC1=NS(=O)(=O)N=C(C)O1. The zero-order chi connectivity index (χ0) is 8.48. The van der Waals surface area contributed by atoms with Gasteiger partial charge in [0.15, 0.2) is 0 Å². The summed E-state index contributed by atoms with van der Waals surface area (Å²) in [6.45, 7) is 1.39. The van der Waals surface area contributed by atoms with E-state index in [0.717, 1.165) is 0 Å². The third-order valence-electron chi connectivity index (χ3n) is 0.843. The van der Waals surface area contributed by atoms with Gasteiger partial charge in [0.05, 0.1) is 7.11 Å². The summed E-state index contributed by atoms with van der Waals surface area (Å²) in [6, 6.07) is 0. The van der Waals surface area contributed by atoms with Gasteiger partial charge in [-0.1, -0.05) is 4.40 Å². The van der Waals surface area contributed by atoms with Crippen molar-refractivity contribution in [1.29, 1.82) is 0 Å². The van der Waals surface area contributed by atoms with Crippen LogP contribution in [0.3, 0.4) is 0 Å². The molecule has 0 fully saturated rings. The van der Waals surface area contributed by atoms with Crippen LogP contribution < -0.4 is 0 Å². The second kappa shape index (κ2) is 2.50. The maximum Gasteiger partial charge on any atom is 0.407 e. The third-order valence-corrected chi connectivity index (χ3v) is 1.71. The fourth-order valence-corrected chi connectivity index (χ4v) is 1.22. The fraction of sp³-hybridized carbons (Fsp3) is 0.500. The van der Waals surface area contributed by atoms with E-state index in [1.54, 1.807) is 0 Å². The first-order valence-corrected chi connectivity index (χ1v) is 4.06. The molecule has 0 aliphatic carbocycles. The lowest BCUT2D eigenvalue weighted by Gasteiger charge is -2.08. The van der Waals surface area contributed by atoms with E-state index in [1.165, 1.54) is 14.0 Å². The predicted molar refractivity (Wildman–Crippen MR) is 37.6 cm³/mol. The first kappa shape index (κ1) is 7.99. The lowest BCUT2D eigenvalue weighted by molar-refractivity contribution is 0.293. The van der Waals surface area contributed by atoms with Crippen molar-refractivity contribution in [2.45, 2.75) is 6.92 Å². The Labute approximate surface area is 63.7 Å². The van der Waals surface area contributed by atoms with E-state index < -0.39 is 10.2 Å². The van der Waals surface area contributed by atoms with Gasteiger partial charge in [-0.25, -0.2) is 0 Å². The largest absolute Gasteiger partial charge is 0.453 e. The average Bonchev–Trinajstić information content (AvgIpc) is 1.83. The van der Waals surface area contributed by atoms with Gasteiger partial charge < -0.3 is 9.47 Å². The maximum absolute atomic E-state index is 10.7. The summed E-state index contributed by atoms with van der Waals surface area (Å²) in [5, 5.41) is 0. The molecule has 1 rings (SSSR count). The van der Waals surface area contributed by atoms with Crippen molar-refractivity contribution < 1.29 is 17.9 Å². The summed E-state index contributed by atoms with van der Waals surface area (Å²) in [7, 11) is -2.51. The predicted octanol–water partition coefficient (Wildman–Crippen LogP) is -0.318. The first-order chi connectivity index (χ1) is 5.03. The molecule has 0 aromatic rings. The topological polar surface area (TPSA) is 77.3 Å². The van der Waals surface area contributed by atoms with Gasteiger partial charge in [0.1, 0.15) is 0 Å². The number of methoxy groups -OCH3 is 1. The van der Waals surface area contributed by atoms with E-state index in [4.69, 9.17) is 0 Å². The van der Waals surface area contributed by atoms with Crippen LogP contribution in [0.1, 0.15) is 6.92 Å².